The van der Waals surface area contributed by atoms with Crippen LogP contribution in [0, 0.1) is 27.8 Å². The summed E-state index contributed by atoms with van der Waals surface area (Å²) in [5.74, 6) is 1.17. The lowest BCUT2D eigenvalue weighted by molar-refractivity contribution is -0.156. The number of rotatable bonds is 6. The van der Waals surface area contributed by atoms with Crippen LogP contribution in [0.5, 0.6) is 0 Å². The monoisotopic (exact) mass is 429 g/mol. The van der Waals surface area contributed by atoms with Crippen molar-refractivity contribution >= 4 is 18.2 Å². The Balaban J connectivity index is 1.37. The van der Waals surface area contributed by atoms with Crippen LogP contribution in [-0.4, -0.2) is 10.7 Å². The molecule has 0 amide bonds. The minimum Gasteiger partial charge on any atom is -0.335 e. The lowest BCUT2D eigenvalue weighted by atomic mass is 9.81. The van der Waals surface area contributed by atoms with E-state index in [4.69, 9.17) is 17.1 Å². The van der Waals surface area contributed by atoms with E-state index in [0.717, 1.165) is 12.8 Å². The third-order valence-corrected chi connectivity index (χ3v) is 7.69. The van der Waals surface area contributed by atoms with Crippen molar-refractivity contribution in [1.82, 2.24) is 4.73 Å². The van der Waals surface area contributed by atoms with Crippen molar-refractivity contribution in [2.45, 2.75) is 32.1 Å². The van der Waals surface area contributed by atoms with Gasteiger partial charge in [-0.1, -0.05) is 78.9 Å². The van der Waals surface area contributed by atoms with E-state index in [1.165, 1.54) is 15.9 Å². The molecule has 4 heteroatoms. The van der Waals surface area contributed by atoms with Crippen LogP contribution in [0.25, 0.3) is 0 Å². The maximum Gasteiger partial charge on any atom is 0.338 e. The van der Waals surface area contributed by atoms with Crippen LogP contribution in [0.1, 0.15) is 37.8 Å². The molecule has 0 bridgehead atoms. The average Bonchev–Trinajstić information content (AvgIpc) is 3.69. The van der Waals surface area contributed by atoms with Crippen molar-refractivity contribution in [3.63, 3.8) is 0 Å². The van der Waals surface area contributed by atoms with E-state index in [2.05, 4.69) is 60.7 Å². The maximum atomic E-state index is 13.1. The molecule has 2 fully saturated rings. The minimum absolute atomic E-state index is 0.0594. The van der Waals surface area contributed by atoms with Crippen LogP contribution in [0.4, 0.5) is 0 Å². The second-order valence-electron chi connectivity index (χ2n) is 9.49. The molecule has 158 valence electrons. The average molecular weight is 430 g/mol. The first kappa shape index (κ1) is 20.2. The smallest absolute Gasteiger partial charge is 0.335 e. The van der Waals surface area contributed by atoms with Gasteiger partial charge in [-0.3, -0.25) is 0 Å². The molecule has 3 aromatic rings. The van der Waals surface area contributed by atoms with E-state index in [9.17, 15) is 4.79 Å². The predicted octanol–water partition coefficient (Wildman–Crippen LogP) is 5.84. The van der Waals surface area contributed by atoms with E-state index in [1.807, 2.05) is 26.0 Å². The fourth-order valence-corrected chi connectivity index (χ4v) is 5.62. The van der Waals surface area contributed by atoms with Gasteiger partial charge < -0.3 is 4.84 Å². The molecule has 0 spiro atoms. The summed E-state index contributed by atoms with van der Waals surface area (Å²) in [5.41, 5.74) is 2.27. The number of carbonyl (C=O) groups is 1. The van der Waals surface area contributed by atoms with Gasteiger partial charge >= 0.3 is 5.97 Å². The first-order valence-corrected chi connectivity index (χ1v) is 11.4. The molecule has 1 aromatic heterocycles. The standard InChI is InChI=1S/C27H27NO2S/c1-26(2,25(29)30-28-16-10-9-15-24(28)31)22-17-21(22)23-18-27(23,19-11-5-3-6-12-19)20-13-7-4-8-14-20/h3-16,21-23H,17-18H2,1-2H3/t21-,22-,23+/m0/s1. The van der Waals surface area contributed by atoms with Crippen LogP contribution < -0.4 is 4.84 Å². The molecule has 1 heterocycles. The van der Waals surface area contributed by atoms with E-state index in [0.29, 0.717) is 22.4 Å². The van der Waals surface area contributed by atoms with E-state index in [1.54, 1.807) is 12.3 Å². The lowest BCUT2D eigenvalue weighted by Gasteiger charge is -2.24. The molecule has 0 saturated heterocycles. The first-order valence-electron chi connectivity index (χ1n) is 11.0. The highest BCUT2D eigenvalue weighted by atomic mass is 32.1. The molecule has 2 aromatic carbocycles. The molecule has 0 unspecified atom stereocenters. The first-order chi connectivity index (χ1) is 14.9. The molecule has 3 nitrogen and oxygen atoms in total. The van der Waals surface area contributed by atoms with Crippen molar-refractivity contribution in [3.8, 4) is 0 Å². The van der Waals surface area contributed by atoms with Crippen molar-refractivity contribution in [2.75, 3.05) is 0 Å². The van der Waals surface area contributed by atoms with Crippen LogP contribution >= 0.6 is 12.2 Å². The van der Waals surface area contributed by atoms with Crippen LogP contribution in [0.3, 0.4) is 0 Å². The second-order valence-corrected chi connectivity index (χ2v) is 9.90. The normalized spacial score (nSPS) is 23.7. The highest BCUT2D eigenvalue weighted by molar-refractivity contribution is 7.71. The Morgan fingerprint density at radius 3 is 2.13 bits per heavy atom. The Morgan fingerprint density at radius 2 is 1.55 bits per heavy atom. The van der Waals surface area contributed by atoms with Gasteiger partial charge in [0.05, 0.1) is 5.41 Å². The van der Waals surface area contributed by atoms with Crippen LogP contribution in [0.15, 0.2) is 85.1 Å². The lowest BCUT2D eigenvalue weighted by Crippen LogP contribution is -2.36. The predicted molar refractivity (Wildman–Crippen MR) is 124 cm³/mol. The summed E-state index contributed by atoms with van der Waals surface area (Å²) < 4.78 is 1.89. The molecule has 5 rings (SSSR count). The summed E-state index contributed by atoms with van der Waals surface area (Å²) in [5, 5.41) is 0. The molecule has 3 atom stereocenters. The van der Waals surface area contributed by atoms with Crippen molar-refractivity contribution in [3.05, 3.63) is 101 Å². The summed E-state index contributed by atoms with van der Waals surface area (Å²) >= 11 is 5.27. The van der Waals surface area contributed by atoms with Crippen molar-refractivity contribution < 1.29 is 9.63 Å². The highest BCUT2D eigenvalue weighted by Crippen LogP contribution is 2.70. The van der Waals surface area contributed by atoms with Gasteiger partial charge in [-0.25, -0.2) is 4.79 Å². The number of benzene rings is 2. The summed E-state index contributed by atoms with van der Waals surface area (Å²) in [6, 6.07) is 27.1. The third-order valence-electron chi connectivity index (χ3n) is 7.37. The van der Waals surface area contributed by atoms with Gasteiger partial charge in [0.15, 0.2) is 0 Å². The molecular weight excluding hydrogens is 402 g/mol. The van der Waals surface area contributed by atoms with E-state index >= 15 is 0 Å². The molecule has 31 heavy (non-hydrogen) atoms. The van der Waals surface area contributed by atoms with Gasteiger partial charge in [-0.15, -0.1) is 0 Å². The van der Waals surface area contributed by atoms with Crippen molar-refractivity contribution in [2.24, 2.45) is 23.2 Å². The maximum absolute atomic E-state index is 13.1. The fourth-order valence-electron chi connectivity index (χ4n) is 5.44. The number of hydrogen-bond donors (Lipinski definition) is 0. The number of carbonyl (C=O) groups excluding carboxylic acids is 1. The molecule has 2 aliphatic rings. The van der Waals surface area contributed by atoms with Crippen LogP contribution in [0.2, 0.25) is 0 Å². The van der Waals surface area contributed by atoms with Gasteiger partial charge in [0.25, 0.3) is 0 Å². The SMILES string of the molecule is CC(C)(C(=O)On1ccccc1=S)[C@H]1C[C@@H]1[C@H]1CC1(c1ccccc1)c1ccccc1. The second kappa shape index (κ2) is 7.45. The third kappa shape index (κ3) is 3.43. The molecule has 2 aliphatic carbocycles. The van der Waals surface area contributed by atoms with Gasteiger partial charge in [-0.2, -0.15) is 4.73 Å². The number of aromatic nitrogens is 1. The molecule has 0 radical (unpaired) electrons. The van der Waals surface area contributed by atoms with E-state index in [-0.39, 0.29) is 11.4 Å². The number of nitrogens with zero attached hydrogens (tertiary/aromatic N) is 1. The number of pyridine rings is 1. The van der Waals surface area contributed by atoms with Gasteiger partial charge in [0.2, 0.25) is 0 Å². The summed E-state index contributed by atoms with van der Waals surface area (Å²) in [6.45, 7) is 4.03. The Morgan fingerprint density at radius 1 is 0.968 bits per heavy atom. The zero-order chi connectivity index (χ0) is 21.6. The highest BCUT2D eigenvalue weighted by Gasteiger charge is 2.67. The Hall–Kier alpha value is -2.72. The zero-order valence-electron chi connectivity index (χ0n) is 17.9. The van der Waals surface area contributed by atoms with Crippen molar-refractivity contribution in [1.29, 1.82) is 0 Å². The molecular formula is C27H27NO2S. The van der Waals surface area contributed by atoms with Gasteiger partial charge in [0, 0.05) is 11.6 Å². The van der Waals surface area contributed by atoms with Crippen LogP contribution in [-0.2, 0) is 10.2 Å². The molecule has 0 N–H and O–H groups in total. The Kier molecular flexibility index (Phi) is 4.86. The van der Waals surface area contributed by atoms with Gasteiger partial charge in [0.1, 0.15) is 4.64 Å². The summed E-state index contributed by atoms with van der Waals surface area (Å²) in [6.07, 6.45) is 3.89. The summed E-state index contributed by atoms with van der Waals surface area (Å²) in [4.78, 5) is 18.7. The fraction of sp³-hybridized carbons (Fsp3) is 0.333. The molecule has 0 aliphatic heterocycles. The Labute approximate surface area is 188 Å². The Bertz CT molecular complexity index is 1110. The van der Waals surface area contributed by atoms with Gasteiger partial charge in [-0.05, 0) is 67.7 Å². The number of hydrogen-bond acceptors (Lipinski definition) is 3. The zero-order valence-corrected chi connectivity index (χ0v) is 18.7. The quantitative estimate of drug-likeness (QED) is 0.461. The minimum atomic E-state index is -0.559. The largest absolute Gasteiger partial charge is 0.338 e. The topological polar surface area (TPSA) is 31.2 Å². The molecule has 2 saturated carbocycles. The van der Waals surface area contributed by atoms with E-state index < -0.39 is 5.41 Å². The summed E-state index contributed by atoms with van der Waals surface area (Å²) in [7, 11) is 0.